The third-order valence-corrected chi connectivity index (χ3v) is 6.57. The molecular formula is C29H38N2O8. The molecule has 2 aromatic rings. The predicted molar refractivity (Wildman–Crippen MR) is 142 cm³/mol. The second-order valence-corrected chi connectivity index (χ2v) is 10.0. The predicted octanol–water partition coefficient (Wildman–Crippen LogP) is 3.57. The van der Waals surface area contributed by atoms with E-state index >= 15 is 0 Å². The van der Waals surface area contributed by atoms with Gasteiger partial charge in [-0.15, -0.1) is 0 Å². The van der Waals surface area contributed by atoms with Crippen LogP contribution in [-0.2, 0) is 30.2 Å². The van der Waals surface area contributed by atoms with Crippen LogP contribution in [-0.4, -0.2) is 62.1 Å². The average molecular weight is 543 g/mol. The second kappa shape index (κ2) is 14.5. The number of carbonyl (C=O) groups excluding carboxylic acids is 3. The van der Waals surface area contributed by atoms with Gasteiger partial charge in [-0.25, -0.2) is 9.78 Å². The lowest BCUT2D eigenvalue weighted by molar-refractivity contribution is -0.154. The number of aromatic nitrogens is 1. The monoisotopic (exact) mass is 542 g/mol. The quantitative estimate of drug-likeness (QED) is 0.355. The molecule has 1 saturated heterocycles. The molecular weight excluding hydrogens is 504 g/mol. The summed E-state index contributed by atoms with van der Waals surface area (Å²) in [6.45, 7) is 7.33. The fourth-order valence-corrected chi connectivity index (χ4v) is 4.71. The van der Waals surface area contributed by atoms with Crippen LogP contribution in [0.4, 0.5) is 0 Å². The number of nitrogens with one attached hydrogen (secondary N) is 1. The van der Waals surface area contributed by atoms with Gasteiger partial charge in [-0.1, -0.05) is 44.2 Å². The molecule has 2 heterocycles. The van der Waals surface area contributed by atoms with Gasteiger partial charge in [-0.05, 0) is 37.2 Å². The van der Waals surface area contributed by atoms with Crippen LogP contribution in [0.3, 0.4) is 0 Å². The Morgan fingerprint density at radius 3 is 2.56 bits per heavy atom. The number of esters is 2. The number of ether oxygens (including phenoxy) is 5. The highest BCUT2D eigenvalue weighted by Crippen LogP contribution is 2.32. The third kappa shape index (κ3) is 8.68. The van der Waals surface area contributed by atoms with Crippen LogP contribution in [0.25, 0.3) is 0 Å². The minimum Gasteiger partial charge on any atom is -0.493 e. The fraction of sp³-hybridized carbons (Fsp3) is 0.517. The molecule has 0 saturated carbocycles. The van der Waals surface area contributed by atoms with Gasteiger partial charge in [0, 0.05) is 25.1 Å². The Balaban J connectivity index is 1.79. The molecule has 0 unspecified atom stereocenters. The van der Waals surface area contributed by atoms with E-state index in [9.17, 15) is 14.4 Å². The maximum Gasteiger partial charge on any atom is 0.331 e. The van der Waals surface area contributed by atoms with Crippen LogP contribution in [0, 0.1) is 17.8 Å². The van der Waals surface area contributed by atoms with Crippen molar-refractivity contribution in [3.8, 4) is 11.5 Å². The van der Waals surface area contributed by atoms with Crippen molar-refractivity contribution in [3.63, 3.8) is 0 Å². The zero-order chi connectivity index (χ0) is 28.4. The number of hydrogen-bond donors (Lipinski definition) is 1. The van der Waals surface area contributed by atoms with Crippen molar-refractivity contribution in [1.82, 2.24) is 10.3 Å². The van der Waals surface area contributed by atoms with Crippen molar-refractivity contribution in [2.24, 2.45) is 17.8 Å². The lowest BCUT2D eigenvalue weighted by Crippen LogP contribution is -2.46. The van der Waals surface area contributed by atoms with E-state index in [1.165, 1.54) is 31.9 Å². The van der Waals surface area contributed by atoms with Crippen molar-refractivity contribution in [3.05, 3.63) is 53.9 Å². The first-order valence-electron chi connectivity index (χ1n) is 13.1. The van der Waals surface area contributed by atoms with E-state index < -0.39 is 30.7 Å². The van der Waals surface area contributed by atoms with Crippen LogP contribution in [0.5, 0.6) is 11.5 Å². The van der Waals surface area contributed by atoms with E-state index in [2.05, 4.69) is 36.3 Å². The molecule has 10 nitrogen and oxygen atoms in total. The van der Waals surface area contributed by atoms with Crippen molar-refractivity contribution in [2.45, 2.75) is 52.7 Å². The summed E-state index contributed by atoms with van der Waals surface area (Å²) >= 11 is 0. The zero-order valence-corrected chi connectivity index (χ0v) is 23.2. The van der Waals surface area contributed by atoms with Gasteiger partial charge in [0.05, 0.1) is 20.3 Å². The van der Waals surface area contributed by atoms with Gasteiger partial charge >= 0.3 is 11.9 Å². The van der Waals surface area contributed by atoms with Crippen molar-refractivity contribution < 1.29 is 38.1 Å². The smallest absolute Gasteiger partial charge is 0.331 e. The Morgan fingerprint density at radius 1 is 1.15 bits per heavy atom. The summed E-state index contributed by atoms with van der Waals surface area (Å²) in [6.07, 6.45) is 2.64. The summed E-state index contributed by atoms with van der Waals surface area (Å²) in [5, 5.41) is 2.67. The molecule has 0 aliphatic carbocycles. The van der Waals surface area contributed by atoms with Crippen LogP contribution in [0.15, 0.2) is 42.6 Å². The molecule has 0 spiro atoms. The topological polar surface area (TPSA) is 122 Å². The number of hydrogen-bond acceptors (Lipinski definition) is 9. The molecule has 4 atom stereocenters. The highest BCUT2D eigenvalue weighted by molar-refractivity contribution is 5.98. The molecule has 1 aliphatic heterocycles. The Morgan fingerprint density at radius 2 is 1.90 bits per heavy atom. The number of benzene rings is 1. The molecule has 1 aromatic carbocycles. The van der Waals surface area contributed by atoms with Crippen molar-refractivity contribution in [1.29, 1.82) is 0 Å². The first-order chi connectivity index (χ1) is 18.7. The first kappa shape index (κ1) is 29.9. The van der Waals surface area contributed by atoms with Crippen LogP contribution < -0.4 is 14.8 Å². The molecule has 39 heavy (non-hydrogen) atoms. The molecule has 1 N–H and O–H groups in total. The van der Waals surface area contributed by atoms with E-state index in [0.717, 1.165) is 12.8 Å². The number of carbonyl (C=O) groups is 3. The van der Waals surface area contributed by atoms with Gasteiger partial charge in [-0.3, -0.25) is 9.59 Å². The molecule has 1 aromatic heterocycles. The highest BCUT2D eigenvalue weighted by atomic mass is 16.7. The van der Waals surface area contributed by atoms with Gasteiger partial charge in [0.2, 0.25) is 6.79 Å². The standard InChI is InChI=1S/C29H38N2O8/c1-18(2)13-23-19(3)39-29(34)24(16-36-15-22(23)14-21-9-7-6-8-10-21)31-28(33)26-27(38-17-37-20(4)32)25(35-5)11-12-30-26/h6-12,18-19,22-24H,13-17H2,1-5H3,(H,31,33)/t19-,22-,23-,24-/m0/s1. The number of rotatable bonds is 10. The summed E-state index contributed by atoms with van der Waals surface area (Å²) in [5.41, 5.74) is 1.05. The van der Waals surface area contributed by atoms with E-state index in [1.807, 2.05) is 25.1 Å². The molecule has 3 rings (SSSR count). The van der Waals surface area contributed by atoms with E-state index in [4.69, 9.17) is 23.7 Å². The molecule has 1 fully saturated rings. The molecule has 1 aliphatic rings. The van der Waals surface area contributed by atoms with Crippen molar-refractivity contribution >= 4 is 17.8 Å². The summed E-state index contributed by atoms with van der Waals surface area (Å²) < 4.78 is 27.5. The Kier molecular flexibility index (Phi) is 11.1. The normalized spacial score (nSPS) is 21.6. The minimum atomic E-state index is -1.07. The maximum atomic E-state index is 13.2. The first-order valence-corrected chi connectivity index (χ1v) is 13.1. The van der Waals surface area contributed by atoms with Crippen LogP contribution >= 0.6 is 0 Å². The summed E-state index contributed by atoms with van der Waals surface area (Å²) in [4.78, 5) is 41.7. The van der Waals surface area contributed by atoms with Crippen LogP contribution in [0.2, 0.25) is 0 Å². The van der Waals surface area contributed by atoms with E-state index in [-0.39, 0.29) is 41.7 Å². The van der Waals surface area contributed by atoms with E-state index in [0.29, 0.717) is 12.5 Å². The third-order valence-electron chi connectivity index (χ3n) is 6.57. The Hall–Kier alpha value is -3.66. The van der Waals surface area contributed by atoms with Gasteiger partial charge in [0.1, 0.15) is 6.10 Å². The maximum absolute atomic E-state index is 13.2. The highest BCUT2D eigenvalue weighted by Gasteiger charge is 2.35. The van der Waals surface area contributed by atoms with Gasteiger partial charge < -0.3 is 29.0 Å². The minimum absolute atomic E-state index is 0.0237. The molecule has 0 bridgehead atoms. The lowest BCUT2D eigenvalue weighted by atomic mass is 9.79. The number of cyclic esters (lactones) is 1. The van der Waals surface area contributed by atoms with Gasteiger partial charge in [-0.2, -0.15) is 0 Å². The fourth-order valence-electron chi connectivity index (χ4n) is 4.71. The largest absolute Gasteiger partial charge is 0.493 e. The summed E-state index contributed by atoms with van der Waals surface area (Å²) in [6, 6.07) is 10.6. The number of amides is 1. The molecule has 10 heteroatoms. The summed E-state index contributed by atoms with van der Waals surface area (Å²) in [7, 11) is 1.40. The molecule has 0 radical (unpaired) electrons. The SMILES string of the molecule is COc1ccnc(C(=O)N[C@H]2COC[C@H](Cc3ccccc3)[C@@H](CC(C)C)[C@H](C)OC2=O)c1OCOC(C)=O. The second-order valence-electron chi connectivity index (χ2n) is 10.0. The zero-order valence-electron chi connectivity index (χ0n) is 23.2. The number of nitrogens with zero attached hydrogens (tertiary/aromatic N) is 1. The molecule has 212 valence electrons. The summed E-state index contributed by atoms with van der Waals surface area (Å²) in [5.74, 6) is -1.05. The van der Waals surface area contributed by atoms with Crippen molar-refractivity contribution in [2.75, 3.05) is 27.1 Å². The Labute approximate surface area is 229 Å². The number of methoxy groups -OCH3 is 1. The average Bonchev–Trinajstić information content (AvgIpc) is 2.94. The van der Waals surface area contributed by atoms with Gasteiger partial charge in [0.25, 0.3) is 5.91 Å². The Bertz CT molecular complexity index is 1110. The lowest BCUT2D eigenvalue weighted by Gasteiger charge is -2.32. The van der Waals surface area contributed by atoms with Gasteiger partial charge in [0.15, 0.2) is 23.2 Å². The van der Waals surface area contributed by atoms with Crippen LogP contribution in [0.1, 0.15) is 50.2 Å². The molecule has 1 amide bonds. The van der Waals surface area contributed by atoms with E-state index in [1.54, 1.807) is 0 Å². The number of pyridine rings is 1.